The van der Waals surface area contributed by atoms with E-state index in [9.17, 15) is 0 Å². The summed E-state index contributed by atoms with van der Waals surface area (Å²) >= 11 is 0. The van der Waals surface area contributed by atoms with Crippen molar-refractivity contribution in [2.75, 3.05) is 0 Å². The van der Waals surface area contributed by atoms with Gasteiger partial charge in [0.25, 0.3) is 0 Å². The first-order valence-electron chi connectivity index (χ1n) is 14.9. The number of nitrogens with zero attached hydrogens (tertiary/aromatic N) is 3. The van der Waals surface area contributed by atoms with E-state index >= 15 is 0 Å². The fraction of sp³-hybridized carbons (Fsp3) is 0.179. The lowest BCUT2D eigenvalue weighted by Gasteiger charge is -2.35. The van der Waals surface area contributed by atoms with Crippen LogP contribution >= 0.6 is 0 Å². The van der Waals surface area contributed by atoms with Crippen LogP contribution < -0.4 is 4.74 Å². The van der Waals surface area contributed by atoms with Crippen LogP contribution in [0.1, 0.15) is 51.3 Å². The predicted octanol–water partition coefficient (Wildman–Crippen LogP) is 10.1. The first-order chi connectivity index (χ1) is 20.7. The van der Waals surface area contributed by atoms with Gasteiger partial charge in [0.05, 0.1) is 16.7 Å². The van der Waals surface area contributed by atoms with E-state index in [4.69, 9.17) is 14.7 Å². The quantitative estimate of drug-likeness (QED) is 0.216. The maximum absolute atomic E-state index is 6.55. The average molecular weight is 560 g/mol. The minimum Gasteiger partial charge on any atom is -0.457 e. The summed E-state index contributed by atoms with van der Waals surface area (Å²) in [5.41, 5.74) is 8.07. The van der Waals surface area contributed by atoms with Gasteiger partial charge in [0.2, 0.25) is 0 Å². The van der Waals surface area contributed by atoms with Crippen LogP contribution in [0.4, 0.5) is 0 Å². The van der Waals surface area contributed by atoms with E-state index in [1.807, 2.05) is 30.6 Å². The number of hydrogen-bond donors (Lipinski definition) is 0. The molecule has 0 aliphatic carbocycles. The van der Waals surface area contributed by atoms with E-state index in [0.717, 1.165) is 39.5 Å². The van der Waals surface area contributed by atoms with Gasteiger partial charge in [0.15, 0.2) is 0 Å². The normalized spacial score (nSPS) is 13.9. The van der Waals surface area contributed by atoms with Crippen LogP contribution in [0.2, 0.25) is 0 Å². The zero-order valence-electron chi connectivity index (χ0n) is 25.1. The number of benzene rings is 4. The van der Waals surface area contributed by atoms with E-state index in [0.29, 0.717) is 0 Å². The molecule has 4 heteroatoms. The molecular formula is C39H33N3O. The fourth-order valence-corrected chi connectivity index (χ4v) is 6.72. The smallest absolute Gasteiger partial charge is 0.141 e. The van der Waals surface area contributed by atoms with Gasteiger partial charge in [-0.05, 0) is 64.4 Å². The zero-order valence-corrected chi connectivity index (χ0v) is 25.1. The lowest BCUT2D eigenvalue weighted by atomic mass is 9.73. The largest absolute Gasteiger partial charge is 0.457 e. The Balaban J connectivity index is 1.30. The summed E-state index contributed by atoms with van der Waals surface area (Å²) in [5.74, 6) is 2.55. The number of fused-ring (bicyclic) bond motifs is 6. The molecule has 0 N–H and O–H groups in total. The van der Waals surface area contributed by atoms with E-state index in [2.05, 4.69) is 118 Å². The van der Waals surface area contributed by atoms with E-state index in [-0.39, 0.29) is 10.8 Å². The monoisotopic (exact) mass is 559 g/mol. The second-order valence-electron chi connectivity index (χ2n) is 13.2. The molecule has 43 heavy (non-hydrogen) atoms. The molecular weight excluding hydrogens is 526 g/mol. The molecule has 0 radical (unpaired) electrons. The van der Waals surface area contributed by atoms with Gasteiger partial charge in [0, 0.05) is 51.2 Å². The molecule has 1 aliphatic heterocycles. The molecule has 0 unspecified atom stereocenters. The van der Waals surface area contributed by atoms with Crippen molar-refractivity contribution in [2.45, 2.75) is 45.4 Å². The van der Waals surface area contributed by atoms with E-state index < -0.39 is 0 Å². The van der Waals surface area contributed by atoms with Crippen molar-refractivity contribution in [1.29, 1.82) is 0 Å². The van der Waals surface area contributed by atoms with Crippen LogP contribution in [0.15, 0.2) is 109 Å². The number of ether oxygens (including phenoxy) is 1. The third-order valence-corrected chi connectivity index (χ3v) is 9.06. The molecule has 4 heterocycles. The summed E-state index contributed by atoms with van der Waals surface area (Å²) in [6.45, 7) is 11.5. The van der Waals surface area contributed by atoms with Gasteiger partial charge in [-0.1, -0.05) is 83.1 Å². The molecule has 7 aromatic rings. The van der Waals surface area contributed by atoms with Crippen LogP contribution in [0.3, 0.4) is 0 Å². The molecule has 8 rings (SSSR count). The topological polar surface area (TPSA) is 39.9 Å². The molecule has 0 saturated heterocycles. The Labute approximate surface area is 251 Å². The minimum atomic E-state index is -0.178. The Morgan fingerprint density at radius 3 is 2.37 bits per heavy atom. The van der Waals surface area contributed by atoms with Gasteiger partial charge in [-0.2, -0.15) is 0 Å². The first-order valence-corrected chi connectivity index (χ1v) is 14.9. The molecule has 0 fully saturated rings. The molecule has 0 saturated carbocycles. The second kappa shape index (κ2) is 9.02. The van der Waals surface area contributed by atoms with Gasteiger partial charge >= 0.3 is 0 Å². The SMILES string of the molecule is CC(C)(C)c1cc2c3c(c1)c1ccc(Oc4cccc(-c5nccc6ccccc56)c4)cc1n3-c1ncccc1C2(C)C. The zero-order chi connectivity index (χ0) is 29.5. The molecule has 0 spiro atoms. The highest BCUT2D eigenvalue weighted by Gasteiger charge is 2.37. The third kappa shape index (κ3) is 3.90. The van der Waals surface area contributed by atoms with Crippen molar-refractivity contribution in [3.63, 3.8) is 0 Å². The van der Waals surface area contributed by atoms with E-state index in [1.54, 1.807) is 0 Å². The number of pyridine rings is 2. The predicted molar refractivity (Wildman–Crippen MR) is 177 cm³/mol. The van der Waals surface area contributed by atoms with Crippen molar-refractivity contribution < 1.29 is 4.74 Å². The molecule has 0 atom stereocenters. The van der Waals surface area contributed by atoms with Crippen LogP contribution in [0.5, 0.6) is 11.5 Å². The van der Waals surface area contributed by atoms with Crippen molar-refractivity contribution in [3.05, 3.63) is 126 Å². The van der Waals surface area contributed by atoms with Crippen LogP contribution in [-0.4, -0.2) is 14.5 Å². The third-order valence-electron chi connectivity index (χ3n) is 9.06. The van der Waals surface area contributed by atoms with Crippen molar-refractivity contribution in [2.24, 2.45) is 0 Å². The van der Waals surface area contributed by atoms with Crippen LogP contribution in [0.25, 0.3) is 49.7 Å². The lowest BCUT2D eigenvalue weighted by molar-refractivity contribution is 0.483. The summed E-state index contributed by atoms with van der Waals surface area (Å²) in [5, 5.41) is 4.77. The number of hydrogen-bond acceptors (Lipinski definition) is 3. The Bertz CT molecular complexity index is 2230. The highest BCUT2D eigenvalue weighted by Crippen LogP contribution is 2.49. The minimum absolute atomic E-state index is 0.0252. The number of rotatable bonds is 3. The van der Waals surface area contributed by atoms with Crippen molar-refractivity contribution in [3.8, 4) is 28.6 Å². The van der Waals surface area contributed by atoms with Gasteiger partial charge in [-0.15, -0.1) is 0 Å². The summed E-state index contributed by atoms with van der Waals surface area (Å²) in [7, 11) is 0. The maximum atomic E-state index is 6.55. The summed E-state index contributed by atoms with van der Waals surface area (Å²) < 4.78 is 8.89. The average Bonchev–Trinajstić information content (AvgIpc) is 3.33. The first kappa shape index (κ1) is 25.7. The maximum Gasteiger partial charge on any atom is 0.141 e. The van der Waals surface area contributed by atoms with Gasteiger partial charge in [0.1, 0.15) is 17.3 Å². The Kier molecular flexibility index (Phi) is 5.40. The van der Waals surface area contributed by atoms with Gasteiger partial charge in [-0.3, -0.25) is 9.55 Å². The molecule has 4 nitrogen and oxygen atoms in total. The molecule has 210 valence electrons. The molecule has 4 aromatic carbocycles. The standard InChI is InChI=1S/C39H33N3O/c1-38(2,3)26-21-31-30-16-15-28(23-34(30)42-36(31)33(22-26)39(4,5)32-14-9-18-41-37(32)42)43-27-12-8-11-25(20-27)35-29-13-7-6-10-24(29)17-19-40-35/h6-23H,1-5H3. The van der Waals surface area contributed by atoms with Gasteiger partial charge < -0.3 is 4.74 Å². The molecule has 1 aliphatic rings. The summed E-state index contributed by atoms with van der Waals surface area (Å²) in [6, 6.07) is 34.1. The van der Waals surface area contributed by atoms with E-state index in [1.165, 1.54) is 38.4 Å². The fourth-order valence-electron chi connectivity index (χ4n) is 6.72. The van der Waals surface area contributed by atoms with Crippen molar-refractivity contribution in [1.82, 2.24) is 14.5 Å². The number of aromatic nitrogens is 3. The highest BCUT2D eigenvalue weighted by atomic mass is 16.5. The molecule has 3 aromatic heterocycles. The molecule has 0 amide bonds. The lowest BCUT2D eigenvalue weighted by Crippen LogP contribution is -2.28. The summed E-state index contributed by atoms with van der Waals surface area (Å²) in [6.07, 6.45) is 3.77. The van der Waals surface area contributed by atoms with Gasteiger partial charge in [-0.25, -0.2) is 4.98 Å². The Morgan fingerprint density at radius 1 is 0.674 bits per heavy atom. The molecule has 0 bridgehead atoms. The Hall–Kier alpha value is -4.96. The second-order valence-corrected chi connectivity index (χ2v) is 13.2. The van der Waals surface area contributed by atoms with Crippen LogP contribution in [-0.2, 0) is 10.8 Å². The Morgan fingerprint density at radius 2 is 1.51 bits per heavy atom. The highest BCUT2D eigenvalue weighted by molar-refractivity contribution is 6.12. The van der Waals surface area contributed by atoms with Crippen LogP contribution in [0, 0.1) is 0 Å². The van der Waals surface area contributed by atoms with Crippen molar-refractivity contribution >= 4 is 32.6 Å². The summed E-state index contributed by atoms with van der Waals surface area (Å²) in [4.78, 5) is 9.65.